The molecule has 1 heterocycles. The quantitative estimate of drug-likeness (QED) is 0.677. The minimum Gasteiger partial charge on any atom is -0.361 e. The predicted octanol–water partition coefficient (Wildman–Crippen LogP) is 2.13. The van der Waals surface area contributed by atoms with Gasteiger partial charge in [0, 0.05) is 30.1 Å². The molecule has 0 saturated carbocycles. The van der Waals surface area contributed by atoms with Crippen molar-refractivity contribution in [3.63, 3.8) is 0 Å². The standard InChI is InChI=1S/C16H23N3O/c1-12-5-3-6-14-13(11-19-16(12)14)8-10-18-15(20)7-4-9-17-2/h3,5-6,11,17,19H,4,7-10H2,1-2H3,(H,18,20). The fourth-order valence-electron chi connectivity index (χ4n) is 2.42. The third kappa shape index (κ3) is 3.61. The molecular formula is C16H23N3O. The molecule has 0 bridgehead atoms. The number of aromatic nitrogens is 1. The van der Waals surface area contributed by atoms with E-state index in [0.29, 0.717) is 13.0 Å². The Morgan fingerprint density at radius 1 is 1.30 bits per heavy atom. The molecule has 4 heteroatoms. The van der Waals surface area contributed by atoms with Crippen molar-refractivity contribution in [1.29, 1.82) is 0 Å². The average Bonchev–Trinajstić information content (AvgIpc) is 2.84. The van der Waals surface area contributed by atoms with Crippen molar-refractivity contribution in [2.75, 3.05) is 20.1 Å². The normalized spacial score (nSPS) is 10.9. The molecule has 3 N–H and O–H groups in total. The van der Waals surface area contributed by atoms with Crippen LogP contribution in [0.1, 0.15) is 24.0 Å². The summed E-state index contributed by atoms with van der Waals surface area (Å²) in [4.78, 5) is 14.9. The minimum atomic E-state index is 0.135. The molecule has 2 aromatic rings. The number of carbonyl (C=O) groups excluding carboxylic acids is 1. The Hall–Kier alpha value is -1.81. The topological polar surface area (TPSA) is 56.9 Å². The van der Waals surface area contributed by atoms with Crippen molar-refractivity contribution in [2.24, 2.45) is 0 Å². The first-order chi connectivity index (χ1) is 9.72. The second kappa shape index (κ2) is 7.10. The molecule has 0 saturated heterocycles. The second-order valence-electron chi connectivity index (χ2n) is 5.12. The number of rotatable bonds is 7. The summed E-state index contributed by atoms with van der Waals surface area (Å²) in [5.41, 5.74) is 3.71. The summed E-state index contributed by atoms with van der Waals surface area (Å²) in [6.45, 7) is 3.68. The molecule has 0 aliphatic carbocycles. The maximum absolute atomic E-state index is 11.6. The number of aromatic amines is 1. The van der Waals surface area contributed by atoms with E-state index in [-0.39, 0.29) is 5.91 Å². The van der Waals surface area contributed by atoms with Crippen LogP contribution in [-0.4, -0.2) is 31.0 Å². The van der Waals surface area contributed by atoms with Crippen LogP contribution in [0.5, 0.6) is 0 Å². The van der Waals surface area contributed by atoms with Gasteiger partial charge in [-0.25, -0.2) is 0 Å². The lowest BCUT2D eigenvalue weighted by Crippen LogP contribution is -2.26. The predicted molar refractivity (Wildman–Crippen MR) is 82.9 cm³/mol. The van der Waals surface area contributed by atoms with Gasteiger partial charge in [-0.1, -0.05) is 18.2 Å². The maximum Gasteiger partial charge on any atom is 0.220 e. The Balaban J connectivity index is 1.84. The number of carbonyl (C=O) groups is 1. The number of amides is 1. The van der Waals surface area contributed by atoms with E-state index < -0.39 is 0 Å². The van der Waals surface area contributed by atoms with Gasteiger partial charge in [-0.2, -0.15) is 0 Å². The molecule has 0 fully saturated rings. The number of fused-ring (bicyclic) bond motifs is 1. The first kappa shape index (κ1) is 14.6. The van der Waals surface area contributed by atoms with Gasteiger partial charge in [-0.15, -0.1) is 0 Å². The summed E-state index contributed by atoms with van der Waals surface area (Å²) in [5, 5.41) is 7.28. The Labute approximate surface area is 120 Å². The number of benzene rings is 1. The third-order valence-electron chi connectivity index (χ3n) is 3.56. The average molecular weight is 273 g/mol. The van der Waals surface area contributed by atoms with E-state index in [2.05, 4.69) is 40.7 Å². The highest BCUT2D eigenvalue weighted by molar-refractivity contribution is 5.86. The fourth-order valence-corrected chi connectivity index (χ4v) is 2.42. The summed E-state index contributed by atoms with van der Waals surface area (Å²) in [6, 6.07) is 6.31. The van der Waals surface area contributed by atoms with Crippen LogP contribution in [0.4, 0.5) is 0 Å². The molecule has 0 unspecified atom stereocenters. The second-order valence-corrected chi connectivity index (χ2v) is 5.12. The highest BCUT2D eigenvalue weighted by Crippen LogP contribution is 2.21. The molecular weight excluding hydrogens is 250 g/mol. The van der Waals surface area contributed by atoms with Crippen molar-refractivity contribution in [3.05, 3.63) is 35.5 Å². The number of para-hydroxylation sites is 1. The first-order valence-electron chi connectivity index (χ1n) is 7.19. The molecule has 2 rings (SSSR count). The van der Waals surface area contributed by atoms with Crippen molar-refractivity contribution >= 4 is 16.8 Å². The first-order valence-corrected chi connectivity index (χ1v) is 7.19. The van der Waals surface area contributed by atoms with Gasteiger partial charge < -0.3 is 15.6 Å². The van der Waals surface area contributed by atoms with Crippen LogP contribution in [0.25, 0.3) is 10.9 Å². The summed E-state index contributed by atoms with van der Waals surface area (Å²) in [5.74, 6) is 0.135. The fraction of sp³-hybridized carbons (Fsp3) is 0.438. The van der Waals surface area contributed by atoms with Crippen LogP contribution in [0.15, 0.2) is 24.4 Å². The van der Waals surface area contributed by atoms with Gasteiger partial charge in [0.05, 0.1) is 0 Å². The SMILES string of the molecule is CNCCCC(=O)NCCc1c[nH]c2c(C)cccc12. The molecule has 4 nitrogen and oxygen atoms in total. The van der Waals surface area contributed by atoms with Crippen LogP contribution in [0.2, 0.25) is 0 Å². The van der Waals surface area contributed by atoms with Crippen LogP contribution in [0.3, 0.4) is 0 Å². The summed E-state index contributed by atoms with van der Waals surface area (Å²) < 4.78 is 0. The lowest BCUT2D eigenvalue weighted by atomic mass is 10.1. The lowest BCUT2D eigenvalue weighted by molar-refractivity contribution is -0.121. The van der Waals surface area contributed by atoms with Crippen molar-refractivity contribution in [3.8, 4) is 0 Å². The summed E-state index contributed by atoms with van der Waals surface area (Å²) in [7, 11) is 1.90. The zero-order valence-electron chi connectivity index (χ0n) is 12.3. The van der Waals surface area contributed by atoms with E-state index in [4.69, 9.17) is 0 Å². The number of hydrogen-bond acceptors (Lipinski definition) is 2. The zero-order chi connectivity index (χ0) is 14.4. The Bertz CT molecular complexity index is 574. The van der Waals surface area contributed by atoms with Crippen LogP contribution < -0.4 is 10.6 Å². The number of hydrogen-bond donors (Lipinski definition) is 3. The molecule has 0 radical (unpaired) electrons. The third-order valence-corrected chi connectivity index (χ3v) is 3.56. The minimum absolute atomic E-state index is 0.135. The highest BCUT2D eigenvalue weighted by atomic mass is 16.1. The molecule has 20 heavy (non-hydrogen) atoms. The molecule has 108 valence electrons. The van der Waals surface area contributed by atoms with E-state index >= 15 is 0 Å². The van der Waals surface area contributed by atoms with Gasteiger partial charge in [0.2, 0.25) is 5.91 Å². The molecule has 0 aliphatic heterocycles. The van der Waals surface area contributed by atoms with E-state index in [0.717, 1.165) is 19.4 Å². The Kier molecular flexibility index (Phi) is 5.18. The number of H-pyrrole nitrogens is 1. The highest BCUT2D eigenvalue weighted by Gasteiger charge is 2.06. The van der Waals surface area contributed by atoms with Crippen molar-refractivity contribution < 1.29 is 4.79 Å². The largest absolute Gasteiger partial charge is 0.361 e. The van der Waals surface area contributed by atoms with Crippen LogP contribution in [-0.2, 0) is 11.2 Å². The lowest BCUT2D eigenvalue weighted by Gasteiger charge is -2.05. The molecule has 0 aliphatic rings. The van der Waals surface area contributed by atoms with Crippen LogP contribution >= 0.6 is 0 Å². The smallest absolute Gasteiger partial charge is 0.220 e. The zero-order valence-corrected chi connectivity index (χ0v) is 12.3. The van der Waals surface area contributed by atoms with Gasteiger partial charge in [0.25, 0.3) is 0 Å². The van der Waals surface area contributed by atoms with Gasteiger partial charge in [-0.05, 0) is 44.5 Å². The number of nitrogens with one attached hydrogen (secondary N) is 3. The van der Waals surface area contributed by atoms with Gasteiger partial charge in [0.1, 0.15) is 0 Å². The van der Waals surface area contributed by atoms with Crippen LogP contribution in [0, 0.1) is 6.92 Å². The van der Waals surface area contributed by atoms with Gasteiger partial charge >= 0.3 is 0 Å². The molecule has 0 atom stereocenters. The van der Waals surface area contributed by atoms with E-state index in [1.54, 1.807) is 0 Å². The van der Waals surface area contributed by atoms with E-state index in [1.165, 1.54) is 22.0 Å². The van der Waals surface area contributed by atoms with Crippen molar-refractivity contribution in [1.82, 2.24) is 15.6 Å². The molecule has 1 aromatic carbocycles. The molecule has 0 spiro atoms. The summed E-state index contributed by atoms with van der Waals surface area (Å²) in [6.07, 6.45) is 4.38. The monoisotopic (exact) mass is 273 g/mol. The van der Waals surface area contributed by atoms with Gasteiger partial charge in [0.15, 0.2) is 0 Å². The number of aryl methyl sites for hydroxylation is 1. The molecule has 1 aromatic heterocycles. The van der Waals surface area contributed by atoms with Crippen molar-refractivity contribution in [2.45, 2.75) is 26.2 Å². The molecule has 1 amide bonds. The maximum atomic E-state index is 11.6. The Morgan fingerprint density at radius 2 is 2.15 bits per heavy atom. The Morgan fingerprint density at radius 3 is 2.95 bits per heavy atom. The van der Waals surface area contributed by atoms with E-state index in [1.807, 2.05) is 13.2 Å². The summed E-state index contributed by atoms with van der Waals surface area (Å²) >= 11 is 0. The van der Waals surface area contributed by atoms with E-state index in [9.17, 15) is 4.79 Å². The van der Waals surface area contributed by atoms with Gasteiger partial charge in [-0.3, -0.25) is 4.79 Å².